The molecule has 7 heteroatoms. The fourth-order valence-electron chi connectivity index (χ4n) is 4.69. The third-order valence-electron chi connectivity index (χ3n) is 6.81. The maximum atomic E-state index is 13.0. The van der Waals surface area contributed by atoms with E-state index in [1.165, 1.54) is 0 Å². The third-order valence-corrected chi connectivity index (χ3v) is 6.81. The first-order valence-electron chi connectivity index (χ1n) is 11.1. The summed E-state index contributed by atoms with van der Waals surface area (Å²) in [5.41, 5.74) is 2.48. The summed E-state index contributed by atoms with van der Waals surface area (Å²) in [4.78, 5) is 28.5. The number of rotatable bonds is 6. The molecular weight excluding hydrogens is 392 g/mol. The summed E-state index contributed by atoms with van der Waals surface area (Å²) in [6, 6.07) is 5.12. The predicted molar refractivity (Wildman–Crippen MR) is 117 cm³/mol. The van der Waals surface area contributed by atoms with E-state index in [0.717, 1.165) is 61.1 Å². The van der Waals surface area contributed by atoms with Crippen LogP contribution in [0.1, 0.15) is 37.3 Å². The molecule has 0 atom stereocenters. The summed E-state index contributed by atoms with van der Waals surface area (Å²) < 4.78 is 10.9. The Kier molecular flexibility index (Phi) is 5.54. The van der Waals surface area contributed by atoms with Crippen LogP contribution in [0.4, 0.5) is 0 Å². The average molecular weight is 421 g/mol. The summed E-state index contributed by atoms with van der Waals surface area (Å²) in [7, 11) is 2.20. The largest absolute Gasteiger partial charge is 0.441 e. The van der Waals surface area contributed by atoms with Crippen molar-refractivity contribution < 1.29 is 13.9 Å². The van der Waals surface area contributed by atoms with Crippen LogP contribution in [0, 0.1) is 12.8 Å². The number of nitrogens with zero attached hydrogens (tertiary/aromatic N) is 4. The number of carbonyl (C=O) groups excluding carboxylic acids is 1. The monoisotopic (exact) mass is 420 g/mol. The Labute approximate surface area is 181 Å². The SMILES string of the molecule is Cc1ncc(-c2cnc3cnc(CC(=O)C4CCC(N(C)C5COC5)CC4)cc3c2)o1. The summed E-state index contributed by atoms with van der Waals surface area (Å²) in [6.45, 7) is 3.50. The van der Waals surface area contributed by atoms with Gasteiger partial charge in [-0.25, -0.2) is 4.98 Å². The van der Waals surface area contributed by atoms with Gasteiger partial charge in [0.25, 0.3) is 0 Å². The highest BCUT2D eigenvalue weighted by Crippen LogP contribution is 2.30. The van der Waals surface area contributed by atoms with E-state index in [9.17, 15) is 4.79 Å². The van der Waals surface area contributed by atoms with Crippen LogP contribution in [0.25, 0.3) is 22.2 Å². The van der Waals surface area contributed by atoms with Crippen LogP contribution in [0.15, 0.2) is 35.1 Å². The van der Waals surface area contributed by atoms with Gasteiger partial charge >= 0.3 is 0 Å². The van der Waals surface area contributed by atoms with E-state index < -0.39 is 0 Å². The van der Waals surface area contributed by atoms with Gasteiger partial charge in [-0.15, -0.1) is 0 Å². The third kappa shape index (κ3) is 4.25. The van der Waals surface area contributed by atoms with Crippen LogP contribution in [-0.2, 0) is 16.0 Å². The lowest BCUT2D eigenvalue weighted by Gasteiger charge is -2.42. The van der Waals surface area contributed by atoms with Crippen LogP contribution in [0.3, 0.4) is 0 Å². The van der Waals surface area contributed by atoms with Crippen molar-refractivity contribution in [2.45, 2.75) is 51.1 Å². The van der Waals surface area contributed by atoms with Gasteiger partial charge < -0.3 is 9.15 Å². The first kappa shape index (κ1) is 20.3. The number of likely N-dealkylation sites (N-methyl/N-ethyl adjacent to an activating group) is 1. The van der Waals surface area contributed by atoms with Crippen LogP contribution >= 0.6 is 0 Å². The van der Waals surface area contributed by atoms with Crippen molar-refractivity contribution >= 4 is 16.7 Å². The second-order valence-corrected chi connectivity index (χ2v) is 8.84. The van der Waals surface area contributed by atoms with Gasteiger partial charge in [0, 0.05) is 48.1 Å². The Hall–Kier alpha value is -2.64. The second kappa shape index (κ2) is 8.48. The first-order valence-corrected chi connectivity index (χ1v) is 11.1. The maximum Gasteiger partial charge on any atom is 0.191 e. The molecule has 4 heterocycles. The summed E-state index contributed by atoms with van der Waals surface area (Å²) in [6.07, 6.45) is 9.69. The molecule has 1 aliphatic carbocycles. The van der Waals surface area contributed by atoms with Gasteiger partial charge in [-0.2, -0.15) is 0 Å². The van der Waals surface area contributed by atoms with Gasteiger partial charge in [0.1, 0.15) is 5.78 Å². The number of pyridine rings is 2. The lowest BCUT2D eigenvalue weighted by Crippen LogP contribution is -2.52. The van der Waals surface area contributed by atoms with Crippen LogP contribution < -0.4 is 0 Å². The molecule has 1 aliphatic heterocycles. The molecule has 2 aliphatic rings. The van der Waals surface area contributed by atoms with Crippen molar-refractivity contribution in [3.05, 3.63) is 42.3 Å². The zero-order chi connectivity index (χ0) is 21.4. The Balaban J connectivity index is 1.24. The molecule has 0 aromatic carbocycles. The molecule has 0 bridgehead atoms. The van der Waals surface area contributed by atoms with Crippen LogP contribution in [-0.4, -0.2) is 58.0 Å². The standard InChI is InChI=1S/C24H28N4O3/c1-15-25-12-24(31-15)18-7-17-8-19(26-11-22(17)27-10-18)9-23(29)16-3-5-20(6-4-16)28(2)21-13-30-14-21/h7-8,10-12,16,20-21H,3-6,9,13-14H2,1-2H3. The average Bonchev–Trinajstić information content (AvgIpc) is 3.18. The maximum absolute atomic E-state index is 13.0. The molecule has 2 fully saturated rings. The number of hydrogen-bond donors (Lipinski definition) is 0. The number of aromatic nitrogens is 3. The smallest absolute Gasteiger partial charge is 0.191 e. The highest BCUT2D eigenvalue weighted by Gasteiger charge is 2.33. The van der Waals surface area contributed by atoms with Crippen molar-refractivity contribution in [1.29, 1.82) is 0 Å². The molecule has 0 N–H and O–H groups in total. The number of fused-ring (bicyclic) bond motifs is 1. The topological polar surface area (TPSA) is 81.4 Å². The molecule has 3 aromatic heterocycles. The molecule has 5 rings (SSSR count). The molecule has 0 amide bonds. The van der Waals surface area contributed by atoms with Crippen molar-refractivity contribution in [1.82, 2.24) is 19.9 Å². The Morgan fingerprint density at radius 3 is 2.52 bits per heavy atom. The fraction of sp³-hybridized carbons (Fsp3) is 0.500. The van der Waals surface area contributed by atoms with E-state index in [-0.39, 0.29) is 5.92 Å². The highest BCUT2D eigenvalue weighted by molar-refractivity contribution is 5.86. The zero-order valence-corrected chi connectivity index (χ0v) is 18.1. The molecule has 3 aromatic rings. The second-order valence-electron chi connectivity index (χ2n) is 8.84. The number of ketones is 1. The van der Waals surface area contributed by atoms with E-state index in [1.54, 1.807) is 18.6 Å². The van der Waals surface area contributed by atoms with Crippen LogP contribution in [0.2, 0.25) is 0 Å². The van der Waals surface area contributed by atoms with Gasteiger partial charge in [-0.05, 0) is 44.9 Å². The Morgan fingerprint density at radius 1 is 1.03 bits per heavy atom. The lowest BCUT2D eigenvalue weighted by atomic mass is 9.81. The van der Waals surface area contributed by atoms with E-state index in [0.29, 0.717) is 35.9 Å². The van der Waals surface area contributed by atoms with E-state index >= 15 is 0 Å². The molecule has 162 valence electrons. The minimum absolute atomic E-state index is 0.140. The molecule has 0 unspecified atom stereocenters. The quantitative estimate of drug-likeness (QED) is 0.603. The number of hydrogen-bond acceptors (Lipinski definition) is 7. The summed E-state index contributed by atoms with van der Waals surface area (Å²) >= 11 is 0. The molecule has 7 nitrogen and oxygen atoms in total. The number of ether oxygens (including phenoxy) is 1. The minimum atomic E-state index is 0.140. The molecule has 31 heavy (non-hydrogen) atoms. The van der Waals surface area contributed by atoms with Crippen molar-refractivity contribution in [3.63, 3.8) is 0 Å². The Morgan fingerprint density at radius 2 is 1.84 bits per heavy atom. The number of oxazole rings is 1. The van der Waals surface area contributed by atoms with Gasteiger partial charge in [-0.3, -0.25) is 19.7 Å². The number of Topliss-reactive ketones (excluding diaryl/α,β-unsaturated/α-hetero) is 1. The van der Waals surface area contributed by atoms with Crippen LogP contribution in [0.5, 0.6) is 0 Å². The highest BCUT2D eigenvalue weighted by atomic mass is 16.5. The van der Waals surface area contributed by atoms with E-state index in [1.807, 2.05) is 19.1 Å². The number of carbonyl (C=O) groups is 1. The number of aryl methyl sites for hydroxylation is 1. The van der Waals surface area contributed by atoms with Crippen molar-refractivity contribution in [2.75, 3.05) is 20.3 Å². The molecular formula is C24H28N4O3. The lowest BCUT2D eigenvalue weighted by molar-refractivity contribution is -0.124. The van der Waals surface area contributed by atoms with Gasteiger partial charge in [-0.1, -0.05) is 0 Å². The zero-order valence-electron chi connectivity index (χ0n) is 18.1. The molecule has 0 radical (unpaired) electrons. The van der Waals surface area contributed by atoms with Gasteiger partial charge in [0.15, 0.2) is 11.7 Å². The summed E-state index contributed by atoms with van der Waals surface area (Å²) in [5.74, 6) is 1.76. The fourth-order valence-corrected chi connectivity index (χ4v) is 4.69. The predicted octanol–water partition coefficient (Wildman–Crippen LogP) is 3.59. The molecule has 1 saturated heterocycles. The summed E-state index contributed by atoms with van der Waals surface area (Å²) in [5, 5.41) is 0.956. The minimum Gasteiger partial charge on any atom is -0.441 e. The molecule has 1 saturated carbocycles. The first-order chi connectivity index (χ1) is 15.1. The Bertz CT molecular complexity index is 1080. The normalized spacial score (nSPS) is 22.0. The van der Waals surface area contributed by atoms with Gasteiger partial charge in [0.05, 0.1) is 37.2 Å². The van der Waals surface area contributed by atoms with E-state index in [4.69, 9.17) is 9.15 Å². The van der Waals surface area contributed by atoms with E-state index in [2.05, 4.69) is 26.9 Å². The van der Waals surface area contributed by atoms with Crippen molar-refractivity contribution in [3.8, 4) is 11.3 Å². The van der Waals surface area contributed by atoms with Gasteiger partial charge in [0.2, 0.25) is 0 Å². The molecule has 0 spiro atoms. The van der Waals surface area contributed by atoms with Crippen molar-refractivity contribution in [2.24, 2.45) is 5.92 Å².